The maximum atomic E-state index is 14.0. The standard InChI is InChI=1S/C30H38ClN7O2Si/c1-20-17-32-28(34-26-11-13-33-36(26)5)35-27(20)22-16-24-12-14-37(29(39)38(24)18-22)25(21-9-8-10-23(31)15-21)19-40-41(6,7)30(2,3)4/h8-11,13,15-18,25H,12,14,19H2,1-7H3,(H,32,34,35)/t25-/m1/s1. The molecule has 1 aromatic carbocycles. The smallest absolute Gasteiger partial charge is 0.328 e. The van der Waals surface area contributed by atoms with Gasteiger partial charge in [-0.05, 0) is 54.4 Å². The summed E-state index contributed by atoms with van der Waals surface area (Å²) in [7, 11) is -0.202. The van der Waals surface area contributed by atoms with E-state index in [4.69, 9.17) is 21.0 Å². The predicted octanol–water partition coefficient (Wildman–Crippen LogP) is 6.97. The van der Waals surface area contributed by atoms with Gasteiger partial charge in [0.25, 0.3) is 0 Å². The van der Waals surface area contributed by atoms with E-state index in [-0.39, 0.29) is 17.1 Å². The summed E-state index contributed by atoms with van der Waals surface area (Å²) >= 11 is 6.40. The lowest BCUT2D eigenvalue weighted by atomic mass is 10.0. The van der Waals surface area contributed by atoms with Crippen molar-refractivity contribution in [3.05, 3.63) is 76.8 Å². The number of amides is 1. The molecular weight excluding hydrogens is 554 g/mol. The van der Waals surface area contributed by atoms with Gasteiger partial charge in [0.1, 0.15) is 5.82 Å². The van der Waals surface area contributed by atoms with Crippen LogP contribution in [0.3, 0.4) is 0 Å². The van der Waals surface area contributed by atoms with Gasteiger partial charge in [-0.1, -0.05) is 44.5 Å². The summed E-state index contributed by atoms with van der Waals surface area (Å²) in [6, 6.07) is 11.3. The maximum absolute atomic E-state index is 14.0. The Morgan fingerprint density at radius 1 is 1.20 bits per heavy atom. The number of carbonyl (C=O) groups excluding carboxylic acids is 1. The molecule has 1 aliphatic heterocycles. The van der Waals surface area contributed by atoms with Crippen LogP contribution in [0.25, 0.3) is 11.3 Å². The van der Waals surface area contributed by atoms with Gasteiger partial charge in [-0.15, -0.1) is 0 Å². The van der Waals surface area contributed by atoms with Crippen molar-refractivity contribution in [2.24, 2.45) is 7.05 Å². The number of benzene rings is 1. The molecule has 0 saturated heterocycles. The van der Waals surface area contributed by atoms with E-state index in [0.717, 1.165) is 33.9 Å². The molecule has 3 aromatic heterocycles. The van der Waals surface area contributed by atoms with Crippen molar-refractivity contribution in [3.8, 4) is 11.3 Å². The van der Waals surface area contributed by atoms with Crippen molar-refractivity contribution in [2.75, 3.05) is 18.5 Å². The minimum absolute atomic E-state index is 0.0557. The monoisotopic (exact) mass is 591 g/mol. The SMILES string of the molecule is Cc1cnc(Nc2ccnn2C)nc1-c1cc2n(c1)C(=O)N([C@H](CO[Si](C)(C)C(C)(C)C)c1cccc(Cl)c1)CC2. The number of nitrogens with one attached hydrogen (secondary N) is 1. The molecule has 216 valence electrons. The number of aromatic nitrogens is 5. The molecule has 11 heteroatoms. The number of fused-ring (bicyclic) bond motifs is 1. The molecule has 9 nitrogen and oxygen atoms in total. The quantitative estimate of drug-likeness (QED) is 0.222. The highest BCUT2D eigenvalue weighted by Crippen LogP contribution is 2.38. The highest BCUT2D eigenvalue weighted by molar-refractivity contribution is 6.74. The topological polar surface area (TPSA) is 90.1 Å². The molecule has 1 N–H and O–H groups in total. The largest absolute Gasteiger partial charge is 0.414 e. The van der Waals surface area contributed by atoms with Gasteiger partial charge in [0.2, 0.25) is 5.95 Å². The first-order valence-corrected chi connectivity index (χ1v) is 17.1. The number of halogens is 1. The number of nitrogens with zero attached hydrogens (tertiary/aromatic N) is 6. The van der Waals surface area contributed by atoms with E-state index in [1.807, 2.05) is 55.4 Å². The molecule has 0 unspecified atom stereocenters. The van der Waals surface area contributed by atoms with Crippen LogP contribution in [0, 0.1) is 6.92 Å². The Morgan fingerprint density at radius 3 is 2.66 bits per heavy atom. The molecule has 1 amide bonds. The number of aryl methyl sites for hydroxylation is 2. The van der Waals surface area contributed by atoms with Crippen molar-refractivity contribution in [3.63, 3.8) is 0 Å². The van der Waals surface area contributed by atoms with Gasteiger partial charge in [-0.3, -0.25) is 9.25 Å². The average Bonchev–Trinajstić information content (AvgIpc) is 3.52. The summed E-state index contributed by atoms with van der Waals surface area (Å²) in [4.78, 5) is 25.2. The number of carbonyl (C=O) groups is 1. The van der Waals surface area contributed by atoms with Crippen molar-refractivity contribution in [1.82, 2.24) is 29.2 Å². The summed E-state index contributed by atoms with van der Waals surface area (Å²) in [5.41, 5.74) is 4.50. The lowest BCUT2D eigenvalue weighted by Gasteiger charge is -2.40. The second-order valence-electron chi connectivity index (χ2n) is 12.1. The van der Waals surface area contributed by atoms with Gasteiger partial charge in [0.05, 0.1) is 24.5 Å². The summed E-state index contributed by atoms with van der Waals surface area (Å²) < 4.78 is 10.1. The van der Waals surface area contributed by atoms with Crippen LogP contribution >= 0.6 is 11.6 Å². The van der Waals surface area contributed by atoms with E-state index in [0.29, 0.717) is 30.5 Å². The lowest BCUT2D eigenvalue weighted by Crippen LogP contribution is -2.47. The zero-order valence-electron chi connectivity index (χ0n) is 24.8. The predicted molar refractivity (Wildman–Crippen MR) is 165 cm³/mol. The second kappa shape index (κ2) is 11.1. The number of hydrogen-bond donors (Lipinski definition) is 1. The molecule has 1 aliphatic rings. The van der Waals surface area contributed by atoms with Crippen LogP contribution in [0.15, 0.2) is 55.0 Å². The molecule has 0 spiro atoms. The Labute approximate surface area is 247 Å². The van der Waals surface area contributed by atoms with Gasteiger partial charge in [0, 0.05) is 54.8 Å². The molecule has 4 aromatic rings. The second-order valence-corrected chi connectivity index (χ2v) is 17.4. The first kappa shape index (κ1) is 29.0. The van der Waals surface area contributed by atoms with Crippen molar-refractivity contribution in [1.29, 1.82) is 0 Å². The molecule has 0 bridgehead atoms. The fraction of sp³-hybridized carbons (Fsp3) is 0.400. The highest BCUT2D eigenvalue weighted by Gasteiger charge is 2.39. The molecule has 5 rings (SSSR count). The van der Waals surface area contributed by atoms with Crippen molar-refractivity contribution in [2.45, 2.75) is 58.3 Å². The molecule has 4 heterocycles. The zero-order chi connectivity index (χ0) is 29.5. The molecular formula is C30H38ClN7O2Si. The molecule has 41 heavy (non-hydrogen) atoms. The van der Waals surface area contributed by atoms with Crippen LogP contribution in [-0.2, 0) is 17.9 Å². The maximum Gasteiger partial charge on any atom is 0.328 e. The third-order valence-electron chi connectivity index (χ3n) is 8.28. The van der Waals surface area contributed by atoms with Crippen LogP contribution in [0.1, 0.15) is 43.6 Å². The summed E-state index contributed by atoms with van der Waals surface area (Å²) in [6.07, 6.45) is 6.10. The van der Waals surface area contributed by atoms with E-state index < -0.39 is 8.32 Å². The van der Waals surface area contributed by atoms with Crippen molar-refractivity contribution >= 4 is 37.7 Å². The first-order valence-electron chi connectivity index (χ1n) is 13.8. The van der Waals surface area contributed by atoms with Gasteiger partial charge in [-0.25, -0.2) is 14.8 Å². The van der Waals surface area contributed by atoms with Gasteiger partial charge in [-0.2, -0.15) is 5.10 Å². The normalized spacial score (nSPS) is 14.7. The first-order chi connectivity index (χ1) is 19.3. The van der Waals surface area contributed by atoms with Gasteiger partial charge in [0.15, 0.2) is 8.32 Å². The summed E-state index contributed by atoms with van der Waals surface area (Å²) in [6.45, 7) is 14.1. The van der Waals surface area contributed by atoms with E-state index in [1.165, 1.54) is 0 Å². The van der Waals surface area contributed by atoms with Crippen LogP contribution in [0.4, 0.5) is 16.6 Å². The molecule has 0 saturated carbocycles. The Kier molecular flexibility index (Phi) is 7.84. The number of rotatable bonds is 8. The average molecular weight is 592 g/mol. The van der Waals surface area contributed by atoms with Gasteiger partial charge >= 0.3 is 6.03 Å². The van der Waals surface area contributed by atoms with Crippen LogP contribution in [-0.4, -0.2) is 56.7 Å². The molecule has 0 fully saturated rings. The summed E-state index contributed by atoms with van der Waals surface area (Å²) in [5.74, 6) is 1.25. The molecule has 1 atom stereocenters. The lowest BCUT2D eigenvalue weighted by molar-refractivity contribution is 0.131. The van der Waals surface area contributed by atoms with E-state index >= 15 is 0 Å². The Hall–Kier alpha value is -3.47. The van der Waals surface area contributed by atoms with Crippen LogP contribution in [0.2, 0.25) is 23.2 Å². The van der Waals surface area contributed by atoms with Crippen LogP contribution < -0.4 is 5.32 Å². The minimum Gasteiger partial charge on any atom is -0.414 e. The highest BCUT2D eigenvalue weighted by atomic mass is 35.5. The fourth-order valence-electron chi connectivity index (χ4n) is 4.76. The molecule has 0 aliphatic carbocycles. The minimum atomic E-state index is -2.05. The van der Waals surface area contributed by atoms with Crippen molar-refractivity contribution < 1.29 is 9.22 Å². The van der Waals surface area contributed by atoms with E-state index in [2.05, 4.69) is 55.3 Å². The third kappa shape index (κ3) is 5.95. The number of anilines is 2. The van der Waals surface area contributed by atoms with E-state index in [9.17, 15) is 4.79 Å². The zero-order valence-corrected chi connectivity index (χ0v) is 26.5. The Morgan fingerprint density at radius 2 is 1.98 bits per heavy atom. The number of hydrogen-bond acceptors (Lipinski definition) is 6. The molecule has 0 radical (unpaired) electrons. The third-order valence-corrected chi connectivity index (χ3v) is 13.0. The van der Waals surface area contributed by atoms with Gasteiger partial charge < -0.3 is 14.6 Å². The Bertz CT molecular complexity index is 1570. The fourth-order valence-corrected chi connectivity index (χ4v) is 5.96. The van der Waals surface area contributed by atoms with Crippen LogP contribution in [0.5, 0.6) is 0 Å². The summed E-state index contributed by atoms with van der Waals surface area (Å²) in [5, 5.41) is 8.10. The van der Waals surface area contributed by atoms with E-state index in [1.54, 1.807) is 21.6 Å². The Balaban J connectivity index is 1.44.